The van der Waals surface area contributed by atoms with Crippen LogP contribution < -0.4 is 20.9 Å². The second-order valence-corrected chi connectivity index (χ2v) is 7.93. The van der Waals surface area contributed by atoms with Crippen molar-refractivity contribution in [1.29, 1.82) is 0 Å². The van der Waals surface area contributed by atoms with E-state index in [0.717, 1.165) is 37.9 Å². The van der Waals surface area contributed by atoms with Gasteiger partial charge in [0.2, 0.25) is 5.91 Å². The standard InChI is InChI=1S/C24H26N4O4/c1-15(29)25-20-14-17(9-11-21(20)32-2)26-23(30)16-8-10-18-19(13-16)27-22-7-5-3-4-6-12-28(22)24(18)31/h8-11,13-14H,3-7,12H2,1-2H3,(H,25,29)(H,26,30). The molecule has 3 aromatic rings. The molecule has 166 valence electrons. The molecule has 2 amide bonds. The van der Waals surface area contributed by atoms with Crippen LogP contribution in [0.25, 0.3) is 10.9 Å². The lowest BCUT2D eigenvalue weighted by atomic mass is 10.1. The van der Waals surface area contributed by atoms with Crippen molar-refractivity contribution < 1.29 is 14.3 Å². The Morgan fingerprint density at radius 2 is 1.84 bits per heavy atom. The Labute approximate surface area is 185 Å². The largest absolute Gasteiger partial charge is 0.495 e. The summed E-state index contributed by atoms with van der Waals surface area (Å²) >= 11 is 0. The van der Waals surface area contributed by atoms with E-state index in [1.165, 1.54) is 14.0 Å². The Balaban J connectivity index is 1.63. The second kappa shape index (κ2) is 9.21. The van der Waals surface area contributed by atoms with Gasteiger partial charge in [0.25, 0.3) is 11.5 Å². The van der Waals surface area contributed by atoms with Gasteiger partial charge >= 0.3 is 0 Å². The lowest BCUT2D eigenvalue weighted by molar-refractivity contribution is -0.114. The van der Waals surface area contributed by atoms with E-state index >= 15 is 0 Å². The van der Waals surface area contributed by atoms with Crippen LogP contribution in [0.2, 0.25) is 0 Å². The van der Waals surface area contributed by atoms with Crippen molar-refractivity contribution >= 4 is 34.1 Å². The molecule has 0 fully saturated rings. The Kier molecular flexibility index (Phi) is 6.20. The summed E-state index contributed by atoms with van der Waals surface area (Å²) in [6, 6.07) is 9.95. The fraction of sp³-hybridized carbons (Fsp3) is 0.333. The Bertz CT molecular complexity index is 1250. The summed E-state index contributed by atoms with van der Waals surface area (Å²) in [7, 11) is 1.51. The molecule has 8 heteroatoms. The summed E-state index contributed by atoms with van der Waals surface area (Å²) in [6.07, 6.45) is 5.01. The smallest absolute Gasteiger partial charge is 0.261 e. The van der Waals surface area contributed by atoms with E-state index in [-0.39, 0.29) is 17.4 Å². The van der Waals surface area contributed by atoms with E-state index in [9.17, 15) is 14.4 Å². The fourth-order valence-electron chi connectivity index (χ4n) is 4.01. The summed E-state index contributed by atoms with van der Waals surface area (Å²) in [5, 5.41) is 6.03. The predicted octanol–water partition coefficient (Wildman–Crippen LogP) is 3.73. The van der Waals surface area contributed by atoms with Gasteiger partial charge in [-0.2, -0.15) is 0 Å². The molecule has 0 unspecified atom stereocenters. The third kappa shape index (κ3) is 4.49. The van der Waals surface area contributed by atoms with Crippen LogP contribution in [0.3, 0.4) is 0 Å². The van der Waals surface area contributed by atoms with Crippen molar-refractivity contribution in [3.63, 3.8) is 0 Å². The molecule has 2 N–H and O–H groups in total. The number of carbonyl (C=O) groups is 2. The zero-order chi connectivity index (χ0) is 22.7. The molecule has 1 aromatic heterocycles. The number of methoxy groups -OCH3 is 1. The van der Waals surface area contributed by atoms with Crippen LogP contribution in [0.4, 0.5) is 11.4 Å². The van der Waals surface area contributed by atoms with E-state index in [1.54, 1.807) is 41.0 Å². The maximum absolute atomic E-state index is 13.0. The number of nitrogens with zero attached hydrogens (tertiary/aromatic N) is 2. The highest BCUT2D eigenvalue weighted by atomic mass is 16.5. The van der Waals surface area contributed by atoms with Crippen molar-refractivity contribution in [3.05, 3.63) is 58.1 Å². The molecule has 0 radical (unpaired) electrons. The first-order chi connectivity index (χ1) is 15.5. The monoisotopic (exact) mass is 434 g/mol. The summed E-state index contributed by atoms with van der Waals surface area (Å²) < 4.78 is 7.02. The highest BCUT2D eigenvalue weighted by Gasteiger charge is 2.15. The molecule has 4 rings (SSSR count). The van der Waals surface area contributed by atoms with Crippen LogP contribution in [0.15, 0.2) is 41.2 Å². The zero-order valence-corrected chi connectivity index (χ0v) is 18.2. The maximum atomic E-state index is 13.0. The number of nitrogens with one attached hydrogen (secondary N) is 2. The Morgan fingerprint density at radius 1 is 1.03 bits per heavy atom. The first-order valence-electron chi connectivity index (χ1n) is 10.8. The molecule has 1 aliphatic rings. The normalized spacial score (nSPS) is 13.6. The van der Waals surface area contributed by atoms with Crippen LogP contribution in [0.5, 0.6) is 5.75 Å². The maximum Gasteiger partial charge on any atom is 0.261 e. The minimum Gasteiger partial charge on any atom is -0.495 e. The topological polar surface area (TPSA) is 102 Å². The molecule has 0 bridgehead atoms. The Morgan fingerprint density at radius 3 is 2.62 bits per heavy atom. The molecule has 8 nitrogen and oxygen atoms in total. The van der Waals surface area contributed by atoms with Gasteiger partial charge < -0.3 is 15.4 Å². The van der Waals surface area contributed by atoms with Crippen molar-refractivity contribution in [2.75, 3.05) is 17.7 Å². The van der Waals surface area contributed by atoms with E-state index in [4.69, 9.17) is 9.72 Å². The summed E-state index contributed by atoms with van der Waals surface area (Å²) in [5.74, 6) is 0.702. The number of anilines is 2. The number of hydrogen-bond donors (Lipinski definition) is 2. The van der Waals surface area contributed by atoms with Crippen LogP contribution >= 0.6 is 0 Å². The average molecular weight is 434 g/mol. The number of amides is 2. The van der Waals surface area contributed by atoms with E-state index < -0.39 is 0 Å². The van der Waals surface area contributed by atoms with Gasteiger partial charge in [-0.3, -0.25) is 19.0 Å². The van der Waals surface area contributed by atoms with Crippen molar-refractivity contribution in [2.24, 2.45) is 0 Å². The lowest BCUT2D eigenvalue weighted by Crippen LogP contribution is -2.26. The molecule has 0 atom stereocenters. The molecule has 0 spiro atoms. The zero-order valence-electron chi connectivity index (χ0n) is 18.2. The van der Waals surface area contributed by atoms with E-state index in [0.29, 0.717) is 40.1 Å². The van der Waals surface area contributed by atoms with Crippen molar-refractivity contribution in [2.45, 2.75) is 45.6 Å². The van der Waals surface area contributed by atoms with Crippen LogP contribution in [-0.4, -0.2) is 28.5 Å². The van der Waals surface area contributed by atoms with Crippen LogP contribution in [0, 0.1) is 0 Å². The molecule has 0 aliphatic carbocycles. The van der Waals surface area contributed by atoms with Gasteiger partial charge in [-0.1, -0.05) is 12.8 Å². The van der Waals surface area contributed by atoms with Gasteiger partial charge in [-0.05, 0) is 49.2 Å². The molecule has 1 aliphatic heterocycles. The lowest BCUT2D eigenvalue weighted by Gasteiger charge is -2.16. The number of aromatic nitrogens is 2. The SMILES string of the molecule is COc1ccc(NC(=O)c2ccc3c(=O)n4c(nc3c2)CCCCCC4)cc1NC(C)=O. The first kappa shape index (κ1) is 21.5. The Hall–Kier alpha value is -3.68. The van der Waals surface area contributed by atoms with Gasteiger partial charge in [0.05, 0.1) is 23.7 Å². The molecular weight excluding hydrogens is 408 g/mol. The molecule has 2 aromatic carbocycles. The number of fused-ring (bicyclic) bond motifs is 2. The minimum absolute atomic E-state index is 0.0473. The molecule has 32 heavy (non-hydrogen) atoms. The molecule has 2 heterocycles. The van der Waals surface area contributed by atoms with Gasteiger partial charge in [-0.15, -0.1) is 0 Å². The first-order valence-corrected chi connectivity index (χ1v) is 10.8. The molecular formula is C24H26N4O4. The number of hydrogen-bond acceptors (Lipinski definition) is 5. The van der Waals surface area contributed by atoms with Gasteiger partial charge in [-0.25, -0.2) is 4.98 Å². The van der Waals surface area contributed by atoms with Gasteiger partial charge in [0.1, 0.15) is 11.6 Å². The third-order valence-corrected chi connectivity index (χ3v) is 5.60. The highest BCUT2D eigenvalue weighted by molar-refractivity contribution is 6.06. The minimum atomic E-state index is -0.334. The third-order valence-electron chi connectivity index (χ3n) is 5.60. The molecule has 0 saturated carbocycles. The van der Waals surface area contributed by atoms with Crippen molar-refractivity contribution in [1.82, 2.24) is 9.55 Å². The summed E-state index contributed by atoms with van der Waals surface area (Å²) in [4.78, 5) is 42.0. The van der Waals surface area contributed by atoms with Crippen LogP contribution in [-0.2, 0) is 17.8 Å². The number of benzene rings is 2. The number of ether oxygens (including phenoxy) is 1. The number of rotatable bonds is 4. The molecule has 0 saturated heterocycles. The average Bonchev–Trinajstić information content (AvgIpc) is 2.74. The number of carbonyl (C=O) groups excluding carboxylic acids is 2. The van der Waals surface area contributed by atoms with E-state index in [1.807, 2.05) is 0 Å². The summed E-state index contributed by atoms with van der Waals surface area (Å²) in [6.45, 7) is 2.09. The quantitative estimate of drug-likeness (QED) is 0.651. The van der Waals surface area contributed by atoms with Gasteiger partial charge in [0, 0.05) is 31.1 Å². The number of aryl methyl sites for hydroxylation is 1. The summed E-state index contributed by atoms with van der Waals surface area (Å²) in [5.41, 5.74) is 1.85. The van der Waals surface area contributed by atoms with E-state index in [2.05, 4.69) is 10.6 Å². The predicted molar refractivity (Wildman–Crippen MR) is 123 cm³/mol. The fourth-order valence-corrected chi connectivity index (χ4v) is 4.01. The van der Waals surface area contributed by atoms with Crippen molar-refractivity contribution in [3.8, 4) is 5.75 Å². The highest BCUT2D eigenvalue weighted by Crippen LogP contribution is 2.28. The second-order valence-electron chi connectivity index (χ2n) is 7.93. The van der Waals surface area contributed by atoms with Gasteiger partial charge in [0.15, 0.2) is 0 Å². The van der Waals surface area contributed by atoms with Crippen LogP contribution in [0.1, 0.15) is 48.8 Å².